The van der Waals surface area contributed by atoms with Gasteiger partial charge < -0.3 is 14.4 Å². The molecule has 1 N–H and O–H groups in total. The SMILES string of the molecule is CC1CN(C(=O)OS(=O)(=O)c2ccccc2)CCN1. The Morgan fingerprint density at radius 3 is 2.68 bits per heavy atom. The molecule has 1 aliphatic rings. The van der Waals surface area contributed by atoms with E-state index >= 15 is 0 Å². The van der Waals surface area contributed by atoms with Gasteiger partial charge in [-0.3, -0.25) is 0 Å². The molecule has 2 rings (SSSR count). The zero-order valence-corrected chi connectivity index (χ0v) is 11.4. The van der Waals surface area contributed by atoms with E-state index in [1.165, 1.54) is 17.0 Å². The summed E-state index contributed by atoms with van der Waals surface area (Å²) in [6, 6.07) is 7.76. The van der Waals surface area contributed by atoms with Crippen LogP contribution in [0.2, 0.25) is 0 Å². The third kappa shape index (κ3) is 3.45. The molecule has 104 valence electrons. The highest BCUT2D eigenvalue weighted by Gasteiger charge is 2.27. The molecule has 1 aromatic rings. The molecule has 1 aromatic carbocycles. The number of carbonyl (C=O) groups is 1. The third-order valence-electron chi connectivity index (χ3n) is 2.84. The number of hydrogen-bond donors (Lipinski definition) is 1. The van der Waals surface area contributed by atoms with Gasteiger partial charge in [-0.2, -0.15) is 8.42 Å². The largest absolute Gasteiger partial charge is 0.425 e. The molecule has 1 aliphatic heterocycles. The average Bonchev–Trinajstić information content (AvgIpc) is 2.39. The quantitative estimate of drug-likeness (QED) is 0.813. The van der Waals surface area contributed by atoms with E-state index < -0.39 is 16.2 Å². The van der Waals surface area contributed by atoms with Crippen LogP contribution in [0.1, 0.15) is 6.92 Å². The van der Waals surface area contributed by atoms with Gasteiger partial charge in [0, 0.05) is 25.7 Å². The number of hydrogen-bond acceptors (Lipinski definition) is 5. The van der Waals surface area contributed by atoms with Crippen molar-refractivity contribution in [3.05, 3.63) is 30.3 Å². The number of nitrogens with one attached hydrogen (secondary N) is 1. The Hall–Kier alpha value is -1.60. The fourth-order valence-corrected chi connectivity index (χ4v) is 2.76. The van der Waals surface area contributed by atoms with Gasteiger partial charge in [0.15, 0.2) is 0 Å². The van der Waals surface area contributed by atoms with Gasteiger partial charge in [0.2, 0.25) is 0 Å². The second kappa shape index (κ2) is 5.58. The summed E-state index contributed by atoms with van der Waals surface area (Å²) in [7, 11) is -4.04. The van der Waals surface area contributed by atoms with Gasteiger partial charge in [0.05, 0.1) is 0 Å². The maximum Gasteiger partial charge on any atom is 0.425 e. The highest BCUT2D eigenvalue weighted by atomic mass is 32.2. The van der Waals surface area contributed by atoms with Crippen molar-refractivity contribution in [1.29, 1.82) is 0 Å². The Morgan fingerprint density at radius 1 is 1.37 bits per heavy atom. The predicted molar refractivity (Wildman–Crippen MR) is 69.1 cm³/mol. The Morgan fingerprint density at radius 2 is 2.05 bits per heavy atom. The maximum absolute atomic E-state index is 11.9. The highest BCUT2D eigenvalue weighted by Crippen LogP contribution is 2.13. The molecule has 0 saturated carbocycles. The minimum absolute atomic E-state index is 0.0217. The minimum Gasteiger partial charge on any atom is -0.324 e. The first kappa shape index (κ1) is 13.8. The smallest absolute Gasteiger partial charge is 0.324 e. The van der Waals surface area contributed by atoms with Gasteiger partial charge in [-0.25, -0.2) is 4.79 Å². The molecule has 0 aliphatic carbocycles. The van der Waals surface area contributed by atoms with Crippen LogP contribution in [0.15, 0.2) is 35.2 Å². The molecular formula is C12H16N2O4S. The Balaban J connectivity index is 2.06. The van der Waals surface area contributed by atoms with Gasteiger partial charge in [0.25, 0.3) is 0 Å². The van der Waals surface area contributed by atoms with Crippen LogP contribution in [-0.4, -0.2) is 45.1 Å². The van der Waals surface area contributed by atoms with Crippen LogP contribution in [-0.2, 0) is 14.3 Å². The van der Waals surface area contributed by atoms with Gasteiger partial charge in [-0.1, -0.05) is 18.2 Å². The fourth-order valence-electron chi connectivity index (χ4n) is 1.88. The molecule has 6 nitrogen and oxygen atoms in total. The summed E-state index contributed by atoms with van der Waals surface area (Å²) < 4.78 is 28.4. The van der Waals surface area contributed by atoms with Crippen molar-refractivity contribution >= 4 is 16.2 Å². The summed E-state index contributed by atoms with van der Waals surface area (Å²) in [6.07, 6.45) is -0.822. The van der Waals surface area contributed by atoms with Crippen molar-refractivity contribution in [2.24, 2.45) is 0 Å². The van der Waals surface area contributed by atoms with E-state index in [4.69, 9.17) is 0 Å². The molecule has 1 fully saturated rings. The molecule has 1 atom stereocenters. The van der Waals surface area contributed by atoms with E-state index in [2.05, 4.69) is 9.50 Å². The van der Waals surface area contributed by atoms with Crippen LogP contribution in [0.4, 0.5) is 4.79 Å². The number of nitrogens with zero attached hydrogens (tertiary/aromatic N) is 1. The molecule has 7 heteroatoms. The molecule has 0 bridgehead atoms. The molecule has 0 spiro atoms. The van der Waals surface area contributed by atoms with Gasteiger partial charge in [0.1, 0.15) is 4.90 Å². The van der Waals surface area contributed by atoms with E-state index in [-0.39, 0.29) is 10.9 Å². The van der Waals surface area contributed by atoms with E-state index in [0.29, 0.717) is 19.6 Å². The Bertz CT molecular complexity index is 544. The molecule has 1 saturated heterocycles. The number of piperazine rings is 1. The zero-order valence-electron chi connectivity index (χ0n) is 10.6. The second-order valence-corrected chi connectivity index (χ2v) is 5.96. The number of benzene rings is 1. The van der Waals surface area contributed by atoms with Crippen molar-refractivity contribution in [3.8, 4) is 0 Å². The topological polar surface area (TPSA) is 75.7 Å². The van der Waals surface area contributed by atoms with Crippen molar-refractivity contribution in [1.82, 2.24) is 10.2 Å². The summed E-state index contributed by atoms with van der Waals surface area (Å²) in [5.41, 5.74) is 0. The van der Waals surface area contributed by atoms with Crippen LogP contribution >= 0.6 is 0 Å². The second-order valence-electron chi connectivity index (χ2n) is 4.42. The first-order valence-corrected chi connectivity index (χ1v) is 7.42. The van der Waals surface area contributed by atoms with Crippen molar-refractivity contribution in [2.45, 2.75) is 17.9 Å². The molecule has 0 radical (unpaired) electrons. The summed E-state index contributed by atoms with van der Waals surface area (Å²) >= 11 is 0. The van der Waals surface area contributed by atoms with E-state index in [1.807, 2.05) is 6.92 Å². The lowest BCUT2D eigenvalue weighted by molar-refractivity contribution is 0.139. The maximum atomic E-state index is 11.9. The normalized spacial score (nSPS) is 20.1. The van der Waals surface area contributed by atoms with Crippen LogP contribution in [0, 0.1) is 0 Å². The fraction of sp³-hybridized carbons (Fsp3) is 0.417. The first-order valence-electron chi connectivity index (χ1n) is 6.01. The summed E-state index contributed by atoms with van der Waals surface area (Å²) in [5.74, 6) is 0. The summed E-state index contributed by atoms with van der Waals surface area (Å²) in [4.78, 5) is 13.2. The van der Waals surface area contributed by atoms with Gasteiger partial charge in [-0.05, 0) is 19.1 Å². The van der Waals surface area contributed by atoms with Crippen LogP contribution in [0.5, 0.6) is 0 Å². The molecule has 19 heavy (non-hydrogen) atoms. The summed E-state index contributed by atoms with van der Waals surface area (Å²) in [6.45, 7) is 3.42. The van der Waals surface area contributed by atoms with Crippen LogP contribution < -0.4 is 5.32 Å². The summed E-state index contributed by atoms with van der Waals surface area (Å²) in [5, 5.41) is 3.16. The lowest BCUT2D eigenvalue weighted by Gasteiger charge is -2.30. The van der Waals surface area contributed by atoms with E-state index in [1.54, 1.807) is 18.2 Å². The number of carbonyl (C=O) groups excluding carboxylic acids is 1. The van der Waals surface area contributed by atoms with Gasteiger partial charge >= 0.3 is 16.2 Å². The lowest BCUT2D eigenvalue weighted by atomic mass is 10.2. The van der Waals surface area contributed by atoms with E-state index in [0.717, 1.165) is 0 Å². The number of rotatable bonds is 2. The monoisotopic (exact) mass is 284 g/mol. The molecular weight excluding hydrogens is 268 g/mol. The zero-order chi connectivity index (χ0) is 13.9. The molecule has 1 amide bonds. The lowest BCUT2D eigenvalue weighted by Crippen LogP contribution is -2.51. The Labute approximate surface area is 112 Å². The van der Waals surface area contributed by atoms with Crippen molar-refractivity contribution in [3.63, 3.8) is 0 Å². The van der Waals surface area contributed by atoms with E-state index in [9.17, 15) is 13.2 Å². The number of amides is 1. The molecule has 0 aromatic heterocycles. The minimum atomic E-state index is -4.04. The van der Waals surface area contributed by atoms with Crippen LogP contribution in [0.25, 0.3) is 0 Å². The third-order valence-corrected chi connectivity index (χ3v) is 4.05. The standard InChI is InChI=1S/C12H16N2O4S/c1-10-9-14(8-7-13-10)12(15)18-19(16,17)11-5-3-2-4-6-11/h2-6,10,13H,7-9H2,1H3. The average molecular weight is 284 g/mol. The molecule has 1 heterocycles. The predicted octanol–water partition coefficient (Wildman–Crippen LogP) is 0.806. The van der Waals surface area contributed by atoms with Crippen molar-refractivity contribution in [2.75, 3.05) is 19.6 Å². The highest BCUT2D eigenvalue weighted by molar-refractivity contribution is 7.87. The first-order chi connectivity index (χ1) is 8.99. The van der Waals surface area contributed by atoms with Crippen LogP contribution in [0.3, 0.4) is 0 Å². The van der Waals surface area contributed by atoms with Crippen molar-refractivity contribution < 1.29 is 17.4 Å². The molecule has 1 unspecified atom stereocenters. The van der Waals surface area contributed by atoms with Gasteiger partial charge in [-0.15, -0.1) is 0 Å². The Kier molecular flexibility index (Phi) is 4.06.